The van der Waals surface area contributed by atoms with Crippen LogP contribution >= 0.6 is 0 Å². The predicted molar refractivity (Wildman–Crippen MR) is 69.0 cm³/mol. The number of rotatable bonds is 1. The first-order chi connectivity index (χ1) is 8.86. The molecule has 18 heavy (non-hydrogen) atoms. The van der Waals surface area contributed by atoms with Gasteiger partial charge in [0.25, 0.3) is 0 Å². The van der Waals surface area contributed by atoms with Crippen molar-refractivity contribution in [1.82, 2.24) is 9.97 Å². The first kappa shape index (κ1) is 11.5. The van der Waals surface area contributed by atoms with Gasteiger partial charge in [0.05, 0.1) is 12.4 Å². The maximum absolute atomic E-state index is 8.73. The molecule has 0 amide bonds. The lowest BCUT2D eigenvalue weighted by atomic mass is 9.75. The van der Waals surface area contributed by atoms with Gasteiger partial charge in [0.2, 0.25) is 0 Å². The van der Waals surface area contributed by atoms with E-state index < -0.39 is 0 Å². The third-order valence-corrected chi connectivity index (χ3v) is 4.37. The molecule has 4 nitrogen and oxygen atoms in total. The predicted octanol–water partition coefficient (Wildman–Crippen LogP) is 2.36. The Morgan fingerprint density at radius 3 is 2.67 bits per heavy atom. The fraction of sp³-hybridized carbons (Fsp3) is 0.643. The Kier molecular flexibility index (Phi) is 3.14. The molecule has 1 aliphatic heterocycles. The zero-order chi connectivity index (χ0) is 12.4. The Balaban J connectivity index is 1.71. The second-order valence-electron chi connectivity index (χ2n) is 5.41. The van der Waals surface area contributed by atoms with Crippen molar-refractivity contribution in [3.05, 3.63) is 18.1 Å². The highest BCUT2D eigenvalue weighted by Crippen LogP contribution is 2.36. The maximum Gasteiger partial charge on any atom is 0.158 e. The van der Waals surface area contributed by atoms with Gasteiger partial charge in [-0.25, -0.2) is 9.97 Å². The van der Waals surface area contributed by atoms with Crippen LogP contribution in [-0.2, 0) is 0 Å². The van der Waals surface area contributed by atoms with Gasteiger partial charge in [0.1, 0.15) is 11.9 Å². The molecule has 0 spiro atoms. The minimum absolute atomic E-state index is 0.395. The molecule has 1 saturated carbocycles. The van der Waals surface area contributed by atoms with Crippen molar-refractivity contribution in [3.8, 4) is 6.07 Å². The molecule has 0 aromatic carbocycles. The van der Waals surface area contributed by atoms with E-state index in [0.29, 0.717) is 5.69 Å². The minimum Gasteiger partial charge on any atom is -0.355 e. The summed E-state index contributed by atoms with van der Waals surface area (Å²) in [6.07, 6.45) is 10.2. The van der Waals surface area contributed by atoms with E-state index in [-0.39, 0.29) is 0 Å². The van der Waals surface area contributed by atoms with E-state index in [9.17, 15) is 0 Å². The smallest absolute Gasteiger partial charge is 0.158 e. The first-order valence-electron chi connectivity index (χ1n) is 6.84. The standard InChI is InChI=1S/C14H18N4/c15-7-13-8-17-14(9-16-13)18-6-5-11-3-1-2-4-12(11)10-18/h8-9,11-12H,1-6,10H2. The SMILES string of the molecule is N#Cc1cnc(N2CCC3CCCCC3C2)cn1. The van der Waals surface area contributed by atoms with Gasteiger partial charge in [-0.2, -0.15) is 5.26 Å². The topological polar surface area (TPSA) is 52.8 Å². The van der Waals surface area contributed by atoms with E-state index in [2.05, 4.69) is 14.9 Å². The van der Waals surface area contributed by atoms with Crippen LogP contribution in [-0.4, -0.2) is 23.1 Å². The zero-order valence-corrected chi connectivity index (χ0v) is 10.5. The summed E-state index contributed by atoms with van der Waals surface area (Å²) in [5, 5.41) is 8.73. The van der Waals surface area contributed by atoms with Crippen LogP contribution in [0.15, 0.2) is 12.4 Å². The Hall–Kier alpha value is -1.63. The summed E-state index contributed by atoms with van der Waals surface area (Å²) >= 11 is 0. The van der Waals surface area contributed by atoms with Crippen LogP contribution in [0.4, 0.5) is 5.82 Å². The quantitative estimate of drug-likeness (QED) is 0.758. The number of nitriles is 1. The molecule has 1 aliphatic carbocycles. The van der Waals surface area contributed by atoms with E-state index in [4.69, 9.17) is 5.26 Å². The van der Waals surface area contributed by atoms with Crippen LogP contribution < -0.4 is 4.90 Å². The highest BCUT2D eigenvalue weighted by molar-refractivity contribution is 5.38. The molecule has 0 radical (unpaired) electrons. The molecule has 1 saturated heterocycles. The van der Waals surface area contributed by atoms with Gasteiger partial charge in [0.15, 0.2) is 5.69 Å². The van der Waals surface area contributed by atoms with Gasteiger partial charge in [-0.3, -0.25) is 0 Å². The summed E-state index contributed by atoms with van der Waals surface area (Å²) in [6.45, 7) is 2.20. The molecule has 2 heterocycles. The van der Waals surface area contributed by atoms with E-state index in [0.717, 1.165) is 30.7 Å². The van der Waals surface area contributed by atoms with Crippen LogP contribution in [0.1, 0.15) is 37.8 Å². The van der Waals surface area contributed by atoms with Crippen molar-refractivity contribution >= 4 is 5.82 Å². The number of nitrogens with zero attached hydrogens (tertiary/aromatic N) is 4. The number of anilines is 1. The molecule has 2 atom stereocenters. The Morgan fingerprint density at radius 2 is 1.94 bits per heavy atom. The van der Waals surface area contributed by atoms with Crippen molar-refractivity contribution in [3.63, 3.8) is 0 Å². The van der Waals surface area contributed by atoms with Crippen molar-refractivity contribution < 1.29 is 0 Å². The Morgan fingerprint density at radius 1 is 1.11 bits per heavy atom. The highest BCUT2D eigenvalue weighted by Gasteiger charge is 2.31. The normalized spacial score (nSPS) is 27.4. The Bertz CT molecular complexity index is 448. The minimum atomic E-state index is 0.395. The number of piperidine rings is 1. The zero-order valence-electron chi connectivity index (χ0n) is 10.5. The number of aromatic nitrogens is 2. The summed E-state index contributed by atoms with van der Waals surface area (Å²) in [5.41, 5.74) is 0.395. The highest BCUT2D eigenvalue weighted by atomic mass is 15.2. The van der Waals surface area contributed by atoms with Crippen molar-refractivity contribution in [1.29, 1.82) is 5.26 Å². The molecule has 0 N–H and O–H groups in total. The average molecular weight is 242 g/mol. The Labute approximate surface area is 108 Å². The summed E-state index contributed by atoms with van der Waals surface area (Å²) in [4.78, 5) is 10.8. The summed E-state index contributed by atoms with van der Waals surface area (Å²) in [5.74, 6) is 2.70. The van der Waals surface area contributed by atoms with Gasteiger partial charge in [0, 0.05) is 13.1 Å². The number of hydrogen-bond acceptors (Lipinski definition) is 4. The number of hydrogen-bond donors (Lipinski definition) is 0. The van der Waals surface area contributed by atoms with Crippen LogP contribution in [0.5, 0.6) is 0 Å². The number of fused-ring (bicyclic) bond motifs is 1. The first-order valence-corrected chi connectivity index (χ1v) is 6.84. The van der Waals surface area contributed by atoms with E-state index in [1.54, 1.807) is 12.4 Å². The molecule has 2 fully saturated rings. The van der Waals surface area contributed by atoms with E-state index >= 15 is 0 Å². The second kappa shape index (κ2) is 4.93. The van der Waals surface area contributed by atoms with Gasteiger partial charge >= 0.3 is 0 Å². The lowest BCUT2D eigenvalue weighted by Crippen LogP contribution is -2.42. The second-order valence-corrected chi connectivity index (χ2v) is 5.41. The van der Waals surface area contributed by atoms with Crippen LogP contribution in [0, 0.1) is 23.2 Å². The largest absolute Gasteiger partial charge is 0.355 e. The monoisotopic (exact) mass is 242 g/mol. The molecule has 3 rings (SSSR count). The molecule has 94 valence electrons. The third kappa shape index (κ3) is 2.17. The van der Waals surface area contributed by atoms with Crippen molar-refractivity contribution in [2.45, 2.75) is 32.1 Å². The lowest BCUT2D eigenvalue weighted by Gasteiger charge is -2.41. The molecule has 1 aromatic heterocycles. The van der Waals surface area contributed by atoms with E-state index in [1.165, 1.54) is 32.1 Å². The third-order valence-electron chi connectivity index (χ3n) is 4.37. The van der Waals surface area contributed by atoms with Crippen LogP contribution in [0.25, 0.3) is 0 Å². The summed E-state index contributed by atoms with van der Waals surface area (Å²) < 4.78 is 0. The van der Waals surface area contributed by atoms with Crippen molar-refractivity contribution in [2.75, 3.05) is 18.0 Å². The van der Waals surface area contributed by atoms with Gasteiger partial charge in [-0.05, 0) is 24.7 Å². The summed E-state index contributed by atoms with van der Waals surface area (Å²) in [7, 11) is 0. The average Bonchev–Trinajstić information content (AvgIpc) is 2.47. The molecule has 1 aromatic rings. The van der Waals surface area contributed by atoms with Crippen LogP contribution in [0.3, 0.4) is 0 Å². The van der Waals surface area contributed by atoms with E-state index in [1.807, 2.05) is 6.07 Å². The van der Waals surface area contributed by atoms with Crippen molar-refractivity contribution in [2.24, 2.45) is 11.8 Å². The molecular weight excluding hydrogens is 224 g/mol. The lowest BCUT2D eigenvalue weighted by molar-refractivity contribution is 0.202. The molecular formula is C14H18N4. The maximum atomic E-state index is 8.73. The van der Waals surface area contributed by atoms with Gasteiger partial charge in [-0.15, -0.1) is 0 Å². The molecule has 2 unspecified atom stereocenters. The van der Waals surface area contributed by atoms with Gasteiger partial charge < -0.3 is 4.90 Å². The van der Waals surface area contributed by atoms with Crippen LogP contribution in [0.2, 0.25) is 0 Å². The molecule has 4 heteroatoms. The molecule has 2 aliphatic rings. The fourth-order valence-electron chi connectivity index (χ4n) is 3.35. The fourth-order valence-corrected chi connectivity index (χ4v) is 3.35. The molecule has 0 bridgehead atoms. The van der Waals surface area contributed by atoms with Gasteiger partial charge in [-0.1, -0.05) is 19.3 Å². The summed E-state index contributed by atoms with van der Waals surface area (Å²) in [6, 6.07) is 2.01.